The average molecular weight is 439 g/mol. The first-order valence-corrected chi connectivity index (χ1v) is 11.9. The van der Waals surface area contributed by atoms with Crippen LogP contribution in [0, 0.1) is 11.3 Å². The van der Waals surface area contributed by atoms with E-state index in [0.717, 1.165) is 48.0 Å². The summed E-state index contributed by atoms with van der Waals surface area (Å²) in [6, 6.07) is 11.4. The van der Waals surface area contributed by atoms with Gasteiger partial charge in [0.05, 0.1) is 29.6 Å². The predicted molar refractivity (Wildman–Crippen MR) is 119 cm³/mol. The van der Waals surface area contributed by atoms with Gasteiger partial charge < -0.3 is 9.30 Å². The summed E-state index contributed by atoms with van der Waals surface area (Å²) in [6.45, 7) is 3.54. The SMILES string of the molecule is COc1ccc2c(C#N)c(-c3ccc(S(=O)(=O)NC(C)C)cn3)n(C3CCCC3)c2c1. The molecule has 3 aromatic rings. The Kier molecular flexibility index (Phi) is 5.73. The van der Waals surface area contributed by atoms with Crippen LogP contribution in [0.4, 0.5) is 0 Å². The van der Waals surface area contributed by atoms with Crippen LogP contribution in [0.15, 0.2) is 41.4 Å². The third-order valence-corrected chi connectivity index (χ3v) is 7.34. The number of sulfonamides is 1. The lowest BCUT2D eigenvalue weighted by molar-refractivity contribution is 0.415. The second kappa shape index (κ2) is 8.33. The van der Waals surface area contributed by atoms with Crippen molar-refractivity contribution in [1.29, 1.82) is 5.26 Å². The largest absolute Gasteiger partial charge is 0.497 e. The van der Waals surface area contributed by atoms with Gasteiger partial charge in [0.1, 0.15) is 16.7 Å². The lowest BCUT2D eigenvalue weighted by Crippen LogP contribution is -2.30. The van der Waals surface area contributed by atoms with Gasteiger partial charge in [-0.25, -0.2) is 13.1 Å². The Balaban J connectivity index is 1.91. The van der Waals surface area contributed by atoms with Gasteiger partial charge in [0, 0.05) is 29.7 Å². The summed E-state index contributed by atoms with van der Waals surface area (Å²) in [6.07, 6.45) is 5.70. The first kappa shape index (κ1) is 21.3. The lowest BCUT2D eigenvalue weighted by Gasteiger charge is -2.18. The molecule has 0 unspecified atom stereocenters. The quantitative estimate of drug-likeness (QED) is 0.616. The van der Waals surface area contributed by atoms with Crippen LogP contribution in [0.2, 0.25) is 0 Å². The standard InChI is InChI=1S/C23H26N4O3S/c1-15(2)26-31(28,29)18-9-11-21(25-14-18)23-20(13-24)19-10-8-17(30-3)12-22(19)27(23)16-6-4-5-7-16/h8-12,14-16,26H,4-7H2,1-3H3. The minimum Gasteiger partial charge on any atom is -0.497 e. The van der Waals surface area contributed by atoms with Gasteiger partial charge in [0.25, 0.3) is 0 Å². The van der Waals surface area contributed by atoms with E-state index in [-0.39, 0.29) is 17.0 Å². The van der Waals surface area contributed by atoms with Crippen molar-refractivity contribution in [3.63, 3.8) is 0 Å². The highest BCUT2D eigenvalue weighted by molar-refractivity contribution is 7.89. The van der Waals surface area contributed by atoms with Gasteiger partial charge in [-0.05, 0) is 51.0 Å². The molecule has 1 fully saturated rings. The Morgan fingerprint density at radius 3 is 2.55 bits per heavy atom. The van der Waals surface area contributed by atoms with Crippen LogP contribution in [0.3, 0.4) is 0 Å². The number of nitrogens with zero attached hydrogens (tertiary/aromatic N) is 3. The number of methoxy groups -OCH3 is 1. The van der Waals surface area contributed by atoms with Crippen molar-refractivity contribution in [1.82, 2.24) is 14.3 Å². The van der Waals surface area contributed by atoms with Gasteiger partial charge in [0.2, 0.25) is 10.0 Å². The monoisotopic (exact) mass is 438 g/mol. The maximum Gasteiger partial charge on any atom is 0.242 e. The van der Waals surface area contributed by atoms with Gasteiger partial charge in [-0.2, -0.15) is 5.26 Å². The highest BCUT2D eigenvalue weighted by Crippen LogP contribution is 2.41. The van der Waals surface area contributed by atoms with Crippen molar-refractivity contribution in [2.24, 2.45) is 0 Å². The molecule has 1 aliphatic carbocycles. The summed E-state index contributed by atoms with van der Waals surface area (Å²) in [4.78, 5) is 4.58. The fourth-order valence-electron chi connectivity index (χ4n) is 4.38. The fourth-order valence-corrected chi connectivity index (χ4v) is 5.58. The van der Waals surface area contributed by atoms with Crippen LogP contribution in [-0.4, -0.2) is 31.1 Å². The highest BCUT2D eigenvalue weighted by atomic mass is 32.2. The smallest absolute Gasteiger partial charge is 0.242 e. The van der Waals surface area contributed by atoms with E-state index in [1.807, 2.05) is 18.2 Å². The molecule has 0 aliphatic heterocycles. The Labute approximate surface area is 182 Å². The van der Waals surface area contributed by atoms with E-state index in [0.29, 0.717) is 11.3 Å². The van der Waals surface area contributed by atoms with Crippen molar-refractivity contribution in [3.8, 4) is 23.2 Å². The predicted octanol–water partition coefficient (Wildman–Crippen LogP) is 4.39. The molecule has 0 spiro atoms. The van der Waals surface area contributed by atoms with Gasteiger partial charge in [0.15, 0.2) is 0 Å². The summed E-state index contributed by atoms with van der Waals surface area (Å²) in [7, 11) is -2.01. The Morgan fingerprint density at radius 1 is 1.23 bits per heavy atom. The second-order valence-corrected chi connectivity index (χ2v) is 9.90. The molecule has 7 nitrogen and oxygen atoms in total. The number of ether oxygens (including phenoxy) is 1. The molecule has 0 radical (unpaired) electrons. The van der Waals surface area contributed by atoms with Gasteiger partial charge >= 0.3 is 0 Å². The Hall–Kier alpha value is -2.89. The molecule has 0 atom stereocenters. The number of rotatable bonds is 6. The number of hydrogen-bond acceptors (Lipinski definition) is 5. The second-order valence-electron chi connectivity index (χ2n) is 8.18. The molecule has 0 amide bonds. The van der Waals surface area contributed by atoms with E-state index in [1.54, 1.807) is 33.1 Å². The van der Waals surface area contributed by atoms with E-state index < -0.39 is 10.0 Å². The normalized spacial score (nSPS) is 14.9. The van der Waals surface area contributed by atoms with Crippen LogP contribution in [0.25, 0.3) is 22.3 Å². The van der Waals surface area contributed by atoms with Crippen LogP contribution >= 0.6 is 0 Å². The van der Waals surface area contributed by atoms with Gasteiger partial charge in [-0.15, -0.1) is 0 Å². The maximum absolute atomic E-state index is 12.5. The number of nitrogens with one attached hydrogen (secondary N) is 1. The molecule has 31 heavy (non-hydrogen) atoms. The fraction of sp³-hybridized carbons (Fsp3) is 0.391. The summed E-state index contributed by atoms with van der Waals surface area (Å²) in [5.74, 6) is 0.731. The lowest BCUT2D eigenvalue weighted by atomic mass is 10.1. The number of nitriles is 1. The van der Waals surface area contributed by atoms with Crippen LogP contribution in [-0.2, 0) is 10.0 Å². The molecule has 1 saturated carbocycles. The van der Waals surface area contributed by atoms with Crippen molar-refractivity contribution in [2.75, 3.05) is 7.11 Å². The average Bonchev–Trinajstić information content (AvgIpc) is 3.37. The van der Waals surface area contributed by atoms with E-state index in [2.05, 4.69) is 20.3 Å². The van der Waals surface area contributed by atoms with Crippen molar-refractivity contribution >= 4 is 20.9 Å². The zero-order valence-electron chi connectivity index (χ0n) is 17.9. The third-order valence-electron chi connectivity index (χ3n) is 5.69. The summed E-state index contributed by atoms with van der Waals surface area (Å²) in [5, 5.41) is 10.9. The summed E-state index contributed by atoms with van der Waals surface area (Å²) < 4.78 is 35.2. The molecule has 0 saturated heterocycles. The third kappa shape index (κ3) is 3.91. The molecule has 8 heteroatoms. The van der Waals surface area contributed by atoms with Crippen molar-refractivity contribution in [3.05, 3.63) is 42.1 Å². The Morgan fingerprint density at radius 2 is 1.97 bits per heavy atom. The molecule has 1 aliphatic rings. The van der Waals surface area contributed by atoms with E-state index in [4.69, 9.17) is 4.74 Å². The minimum atomic E-state index is -3.63. The van der Waals surface area contributed by atoms with Crippen molar-refractivity contribution < 1.29 is 13.2 Å². The maximum atomic E-state index is 12.5. The van der Waals surface area contributed by atoms with Gasteiger partial charge in [-0.1, -0.05) is 12.8 Å². The molecular formula is C23H26N4O3S. The summed E-state index contributed by atoms with van der Waals surface area (Å²) >= 11 is 0. The van der Waals surface area contributed by atoms with Crippen LogP contribution < -0.4 is 9.46 Å². The molecule has 2 heterocycles. The van der Waals surface area contributed by atoms with Crippen LogP contribution in [0.1, 0.15) is 51.1 Å². The molecule has 1 aromatic carbocycles. The molecule has 0 bridgehead atoms. The minimum absolute atomic E-state index is 0.105. The molecule has 2 aromatic heterocycles. The summed E-state index contributed by atoms with van der Waals surface area (Å²) in [5.41, 5.74) is 2.81. The molecular weight excluding hydrogens is 412 g/mol. The topological polar surface area (TPSA) is 97.0 Å². The molecule has 1 N–H and O–H groups in total. The van der Waals surface area contributed by atoms with Gasteiger partial charge in [-0.3, -0.25) is 4.98 Å². The number of hydrogen-bond donors (Lipinski definition) is 1. The molecule has 4 rings (SSSR count). The van der Waals surface area contributed by atoms with Crippen molar-refractivity contribution in [2.45, 2.75) is 56.5 Å². The number of aromatic nitrogens is 2. The number of pyridine rings is 1. The first-order chi connectivity index (χ1) is 14.9. The van der Waals surface area contributed by atoms with Crippen LogP contribution in [0.5, 0.6) is 5.75 Å². The first-order valence-electron chi connectivity index (χ1n) is 10.5. The number of benzene rings is 1. The van der Waals surface area contributed by atoms with E-state index in [9.17, 15) is 13.7 Å². The van der Waals surface area contributed by atoms with E-state index >= 15 is 0 Å². The zero-order valence-corrected chi connectivity index (χ0v) is 18.7. The number of fused-ring (bicyclic) bond motifs is 1. The Bertz CT molecular complexity index is 1250. The molecule has 162 valence electrons. The zero-order chi connectivity index (χ0) is 22.2. The van der Waals surface area contributed by atoms with E-state index in [1.165, 1.54) is 6.20 Å². The highest BCUT2D eigenvalue weighted by Gasteiger charge is 2.27.